The normalized spacial score (nSPS) is 33.1. The van der Waals surface area contributed by atoms with E-state index in [1.165, 1.54) is 12.2 Å². The van der Waals surface area contributed by atoms with E-state index in [1.807, 2.05) is 0 Å². The monoisotopic (exact) mass is 246 g/mol. The Morgan fingerprint density at radius 3 is 1.44 bits per heavy atom. The molecule has 0 saturated carbocycles. The number of benzene rings is 1. The first-order chi connectivity index (χ1) is 8.58. The molecule has 0 radical (unpaired) electrons. The van der Waals surface area contributed by atoms with Gasteiger partial charge in [-0.15, -0.1) is 0 Å². The van der Waals surface area contributed by atoms with E-state index in [0.29, 0.717) is 11.1 Å². The van der Waals surface area contributed by atoms with Gasteiger partial charge in [-0.1, -0.05) is 24.3 Å². The second-order valence-electron chi connectivity index (χ2n) is 4.70. The molecule has 0 saturated heterocycles. The van der Waals surface area contributed by atoms with Crippen molar-refractivity contribution in [1.29, 1.82) is 0 Å². The summed E-state index contributed by atoms with van der Waals surface area (Å²) in [6.45, 7) is 0. The van der Waals surface area contributed by atoms with Crippen LogP contribution in [0.3, 0.4) is 0 Å². The number of hydrogen-bond acceptors (Lipinski definition) is 4. The highest BCUT2D eigenvalue weighted by atomic mass is 16.3. The lowest BCUT2D eigenvalue weighted by molar-refractivity contribution is 0.0442. The standard InChI is InChI=1S/C14H14O4/c15-11-3-1-7-5-10-8(6-9(7)13(11)17)2-4-12(16)14(10)18/h1-6,11-18H/t11-,12-,13+,14+/m0/s1. The van der Waals surface area contributed by atoms with Gasteiger partial charge in [-0.3, -0.25) is 0 Å². The maximum Gasteiger partial charge on any atom is 0.109 e. The zero-order valence-electron chi connectivity index (χ0n) is 9.56. The SMILES string of the molecule is O[C@@H]1c2cc3c(cc2C=C[C@@H]1O)[C@@H](O)[C@@H](O)C=C3. The zero-order valence-corrected chi connectivity index (χ0v) is 9.56. The van der Waals surface area contributed by atoms with Crippen LogP contribution in [0.25, 0.3) is 12.2 Å². The van der Waals surface area contributed by atoms with Crippen molar-refractivity contribution in [3.63, 3.8) is 0 Å². The van der Waals surface area contributed by atoms with Gasteiger partial charge in [0.1, 0.15) is 24.4 Å². The minimum absolute atomic E-state index is 0.636. The first-order valence-electron chi connectivity index (χ1n) is 5.84. The molecule has 18 heavy (non-hydrogen) atoms. The van der Waals surface area contributed by atoms with E-state index in [0.717, 1.165) is 11.1 Å². The van der Waals surface area contributed by atoms with Gasteiger partial charge < -0.3 is 20.4 Å². The van der Waals surface area contributed by atoms with Crippen LogP contribution in [0.2, 0.25) is 0 Å². The lowest BCUT2D eigenvalue weighted by Gasteiger charge is -2.27. The summed E-state index contributed by atoms with van der Waals surface area (Å²) in [6, 6.07) is 3.49. The van der Waals surface area contributed by atoms with Gasteiger partial charge in [0, 0.05) is 0 Å². The first-order valence-corrected chi connectivity index (χ1v) is 5.84. The molecule has 0 bridgehead atoms. The van der Waals surface area contributed by atoms with Crippen LogP contribution in [0.15, 0.2) is 24.3 Å². The van der Waals surface area contributed by atoms with Gasteiger partial charge in [0.15, 0.2) is 0 Å². The molecule has 0 heterocycles. The molecule has 4 atom stereocenters. The van der Waals surface area contributed by atoms with Crippen LogP contribution in [0, 0.1) is 0 Å². The molecular weight excluding hydrogens is 232 g/mol. The Morgan fingerprint density at radius 2 is 1.06 bits per heavy atom. The van der Waals surface area contributed by atoms with Crippen LogP contribution in [0.5, 0.6) is 0 Å². The summed E-state index contributed by atoms with van der Waals surface area (Å²) < 4.78 is 0. The average Bonchev–Trinajstić information content (AvgIpc) is 2.38. The number of fused-ring (bicyclic) bond motifs is 2. The summed E-state index contributed by atoms with van der Waals surface area (Å²) in [5, 5.41) is 39.0. The van der Waals surface area contributed by atoms with E-state index in [4.69, 9.17) is 0 Å². The molecule has 0 aromatic heterocycles. The molecule has 2 aliphatic rings. The summed E-state index contributed by atoms with van der Waals surface area (Å²) >= 11 is 0. The van der Waals surface area contributed by atoms with Gasteiger partial charge in [-0.25, -0.2) is 0 Å². The predicted molar refractivity (Wildman–Crippen MR) is 66.4 cm³/mol. The molecular formula is C14H14O4. The minimum Gasteiger partial charge on any atom is -0.386 e. The molecule has 94 valence electrons. The third-order valence-corrected chi connectivity index (χ3v) is 3.52. The molecule has 0 fully saturated rings. The van der Waals surface area contributed by atoms with Crippen LogP contribution in [0.4, 0.5) is 0 Å². The lowest BCUT2D eigenvalue weighted by atomic mass is 9.84. The van der Waals surface area contributed by atoms with Gasteiger partial charge in [0.25, 0.3) is 0 Å². The molecule has 4 nitrogen and oxygen atoms in total. The van der Waals surface area contributed by atoms with Crippen molar-refractivity contribution in [2.75, 3.05) is 0 Å². The van der Waals surface area contributed by atoms with E-state index in [1.54, 1.807) is 24.3 Å². The molecule has 0 aliphatic heterocycles. The van der Waals surface area contributed by atoms with Gasteiger partial charge in [-0.05, 0) is 34.4 Å². The Labute approximate surface area is 104 Å². The van der Waals surface area contributed by atoms with Crippen LogP contribution < -0.4 is 0 Å². The molecule has 2 aliphatic carbocycles. The topological polar surface area (TPSA) is 80.9 Å². The van der Waals surface area contributed by atoms with Crippen molar-refractivity contribution in [2.45, 2.75) is 24.4 Å². The molecule has 1 aromatic rings. The maximum atomic E-state index is 9.91. The van der Waals surface area contributed by atoms with Crippen LogP contribution in [-0.2, 0) is 0 Å². The first kappa shape index (κ1) is 11.6. The summed E-state index contributed by atoms with van der Waals surface area (Å²) in [5.41, 5.74) is 2.79. The summed E-state index contributed by atoms with van der Waals surface area (Å²) in [7, 11) is 0. The van der Waals surface area contributed by atoms with E-state index < -0.39 is 24.4 Å². The lowest BCUT2D eigenvalue weighted by Crippen LogP contribution is -2.23. The summed E-state index contributed by atoms with van der Waals surface area (Å²) in [6.07, 6.45) is 2.74. The van der Waals surface area contributed by atoms with Crippen LogP contribution in [-0.4, -0.2) is 32.6 Å². The second kappa shape index (κ2) is 4.03. The van der Waals surface area contributed by atoms with Gasteiger partial charge in [0.2, 0.25) is 0 Å². The van der Waals surface area contributed by atoms with E-state index in [2.05, 4.69) is 0 Å². The van der Waals surface area contributed by atoms with Crippen molar-refractivity contribution < 1.29 is 20.4 Å². The summed E-state index contributed by atoms with van der Waals surface area (Å²) in [4.78, 5) is 0. The van der Waals surface area contributed by atoms with Crippen molar-refractivity contribution in [2.24, 2.45) is 0 Å². The zero-order chi connectivity index (χ0) is 12.9. The highest BCUT2D eigenvalue weighted by Gasteiger charge is 2.27. The third kappa shape index (κ3) is 1.62. The third-order valence-electron chi connectivity index (χ3n) is 3.52. The Morgan fingerprint density at radius 1 is 0.667 bits per heavy atom. The Kier molecular flexibility index (Phi) is 2.60. The second-order valence-corrected chi connectivity index (χ2v) is 4.70. The van der Waals surface area contributed by atoms with E-state index in [9.17, 15) is 20.4 Å². The fourth-order valence-electron chi connectivity index (χ4n) is 2.45. The predicted octanol–water partition coefficient (Wildman–Crippen LogP) is 0.529. The molecule has 3 rings (SSSR count). The van der Waals surface area contributed by atoms with Gasteiger partial charge in [0.05, 0.1) is 0 Å². The van der Waals surface area contributed by atoms with Crippen molar-refractivity contribution >= 4 is 12.2 Å². The highest BCUT2D eigenvalue weighted by Crippen LogP contribution is 2.35. The quantitative estimate of drug-likeness (QED) is 0.538. The molecule has 4 N–H and O–H groups in total. The van der Waals surface area contributed by atoms with Gasteiger partial charge >= 0.3 is 0 Å². The number of aliphatic hydroxyl groups is 4. The Hall–Kier alpha value is -1.46. The van der Waals surface area contributed by atoms with Crippen molar-refractivity contribution in [3.05, 3.63) is 46.5 Å². The Bertz CT molecular complexity index is 497. The van der Waals surface area contributed by atoms with Crippen LogP contribution >= 0.6 is 0 Å². The number of rotatable bonds is 0. The van der Waals surface area contributed by atoms with Crippen LogP contribution in [0.1, 0.15) is 34.5 Å². The fraction of sp³-hybridized carbons (Fsp3) is 0.286. The largest absolute Gasteiger partial charge is 0.386 e. The highest BCUT2D eigenvalue weighted by molar-refractivity contribution is 5.67. The van der Waals surface area contributed by atoms with E-state index in [-0.39, 0.29) is 0 Å². The molecule has 4 heteroatoms. The fourth-order valence-corrected chi connectivity index (χ4v) is 2.45. The van der Waals surface area contributed by atoms with Crippen molar-refractivity contribution in [1.82, 2.24) is 0 Å². The molecule has 0 spiro atoms. The number of aliphatic hydroxyl groups excluding tert-OH is 4. The van der Waals surface area contributed by atoms with E-state index >= 15 is 0 Å². The average molecular weight is 246 g/mol. The molecule has 0 amide bonds. The van der Waals surface area contributed by atoms with Crippen molar-refractivity contribution in [3.8, 4) is 0 Å². The molecule has 1 aromatic carbocycles. The molecule has 0 unspecified atom stereocenters. The minimum atomic E-state index is -0.951. The maximum absolute atomic E-state index is 9.91. The smallest absolute Gasteiger partial charge is 0.109 e. The Balaban J connectivity index is 2.16. The summed E-state index contributed by atoms with van der Waals surface area (Å²) in [5.74, 6) is 0. The van der Waals surface area contributed by atoms with Gasteiger partial charge in [-0.2, -0.15) is 0 Å². The number of hydrogen-bond donors (Lipinski definition) is 4.